The molecule has 1 fully saturated rings. The average Bonchev–Trinajstić information content (AvgIpc) is 3.59. The van der Waals surface area contributed by atoms with Crippen LogP contribution in [0.5, 0.6) is 0 Å². The van der Waals surface area contributed by atoms with Crippen LogP contribution in [0.15, 0.2) is 59.1 Å². The van der Waals surface area contributed by atoms with Crippen molar-refractivity contribution in [3.05, 3.63) is 70.7 Å². The van der Waals surface area contributed by atoms with E-state index in [-0.39, 0.29) is 5.41 Å². The fourth-order valence-electron chi connectivity index (χ4n) is 4.58. The SMILES string of the molecule is Cc1ccccc1Nc1nc(CSc2nnc(-c3ccc(C(C)(C)C)cc3)n2C2CCCC2)cs1. The summed E-state index contributed by atoms with van der Waals surface area (Å²) < 4.78 is 2.39. The van der Waals surface area contributed by atoms with Gasteiger partial charge in [-0.15, -0.1) is 21.5 Å². The van der Waals surface area contributed by atoms with Gasteiger partial charge in [0.1, 0.15) is 0 Å². The van der Waals surface area contributed by atoms with Crippen molar-refractivity contribution in [3.63, 3.8) is 0 Å². The highest BCUT2D eigenvalue weighted by molar-refractivity contribution is 7.98. The average molecular weight is 504 g/mol. The first kappa shape index (κ1) is 24.1. The first-order valence-electron chi connectivity index (χ1n) is 12.3. The molecule has 0 spiro atoms. The van der Waals surface area contributed by atoms with E-state index < -0.39 is 0 Å². The molecular formula is C28H33N5S2. The highest BCUT2D eigenvalue weighted by Crippen LogP contribution is 2.38. The third kappa shape index (κ3) is 5.46. The van der Waals surface area contributed by atoms with Crippen molar-refractivity contribution >= 4 is 33.9 Å². The van der Waals surface area contributed by atoms with Crippen LogP contribution in [0.4, 0.5) is 10.8 Å². The van der Waals surface area contributed by atoms with Gasteiger partial charge in [0.05, 0.1) is 5.69 Å². The number of nitrogens with one attached hydrogen (secondary N) is 1. The molecule has 35 heavy (non-hydrogen) atoms. The standard InChI is InChI=1S/C28H33N5S2/c1-19-9-5-8-12-24(19)30-26-29-22(17-34-26)18-35-27-32-31-25(33(27)23-10-6-7-11-23)20-13-15-21(16-14-20)28(2,3)4/h5,8-9,12-17,23H,6-7,10-11,18H2,1-4H3,(H,29,30). The number of benzene rings is 2. The van der Waals surface area contributed by atoms with Crippen molar-refractivity contribution in [3.8, 4) is 11.4 Å². The van der Waals surface area contributed by atoms with Crippen molar-refractivity contribution in [2.24, 2.45) is 0 Å². The second-order valence-electron chi connectivity index (χ2n) is 10.3. The molecule has 0 radical (unpaired) electrons. The van der Waals surface area contributed by atoms with Gasteiger partial charge in [-0.05, 0) is 42.4 Å². The van der Waals surface area contributed by atoms with E-state index in [4.69, 9.17) is 4.98 Å². The van der Waals surface area contributed by atoms with Crippen LogP contribution in [0.3, 0.4) is 0 Å². The van der Waals surface area contributed by atoms with Gasteiger partial charge in [0.2, 0.25) is 0 Å². The number of thioether (sulfide) groups is 1. The van der Waals surface area contributed by atoms with E-state index in [1.807, 2.05) is 6.07 Å². The van der Waals surface area contributed by atoms with Crippen LogP contribution in [0.2, 0.25) is 0 Å². The zero-order valence-corrected chi connectivity index (χ0v) is 22.5. The van der Waals surface area contributed by atoms with Crippen LogP contribution < -0.4 is 5.32 Å². The molecule has 2 aromatic carbocycles. The number of aryl methyl sites for hydroxylation is 1. The molecule has 0 saturated heterocycles. The molecule has 0 aliphatic heterocycles. The zero-order valence-electron chi connectivity index (χ0n) is 20.9. The van der Waals surface area contributed by atoms with Gasteiger partial charge in [-0.25, -0.2) is 4.98 Å². The molecule has 5 rings (SSSR count). The highest BCUT2D eigenvalue weighted by Gasteiger charge is 2.25. The molecule has 1 N–H and O–H groups in total. The molecular weight excluding hydrogens is 470 g/mol. The summed E-state index contributed by atoms with van der Waals surface area (Å²) in [6, 6.07) is 17.6. The number of hydrogen-bond donors (Lipinski definition) is 1. The Bertz CT molecular complexity index is 1280. The molecule has 2 heterocycles. The Morgan fingerprint density at radius 2 is 1.77 bits per heavy atom. The van der Waals surface area contributed by atoms with Crippen molar-refractivity contribution in [1.82, 2.24) is 19.7 Å². The molecule has 0 bridgehead atoms. The largest absolute Gasteiger partial charge is 0.331 e. The minimum absolute atomic E-state index is 0.138. The van der Waals surface area contributed by atoms with E-state index in [1.165, 1.54) is 36.8 Å². The summed E-state index contributed by atoms with van der Waals surface area (Å²) >= 11 is 3.38. The highest BCUT2D eigenvalue weighted by atomic mass is 32.2. The lowest BCUT2D eigenvalue weighted by Crippen LogP contribution is -2.11. The molecule has 1 aliphatic carbocycles. The zero-order chi connectivity index (χ0) is 24.4. The number of anilines is 2. The summed E-state index contributed by atoms with van der Waals surface area (Å²) in [5, 5.41) is 16.8. The number of rotatable bonds is 7. The normalized spacial score (nSPS) is 14.5. The van der Waals surface area contributed by atoms with Crippen molar-refractivity contribution in [1.29, 1.82) is 0 Å². The topological polar surface area (TPSA) is 55.6 Å². The molecule has 0 atom stereocenters. The first-order chi connectivity index (χ1) is 16.9. The van der Waals surface area contributed by atoms with E-state index in [2.05, 4.69) is 95.6 Å². The Kier molecular flexibility index (Phi) is 6.98. The van der Waals surface area contributed by atoms with Gasteiger partial charge in [-0.2, -0.15) is 0 Å². The van der Waals surface area contributed by atoms with Gasteiger partial charge >= 0.3 is 0 Å². The van der Waals surface area contributed by atoms with Crippen LogP contribution >= 0.6 is 23.1 Å². The monoisotopic (exact) mass is 503 g/mol. The van der Waals surface area contributed by atoms with Crippen LogP contribution in [0.25, 0.3) is 11.4 Å². The quantitative estimate of drug-likeness (QED) is 0.258. The molecule has 182 valence electrons. The third-order valence-electron chi connectivity index (χ3n) is 6.65. The van der Waals surface area contributed by atoms with E-state index in [1.54, 1.807) is 23.1 Å². The van der Waals surface area contributed by atoms with E-state index in [9.17, 15) is 0 Å². The number of thiazole rings is 1. The predicted molar refractivity (Wildman–Crippen MR) is 148 cm³/mol. The predicted octanol–water partition coefficient (Wildman–Crippen LogP) is 8.16. The number of nitrogens with zero attached hydrogens (tertiary/aromatic N) is 4. The Hall–Kier alpha value is -2.64. The second-order valence-corrected chi connectivity index (χ2v) is 12.1. The van der Waals surface area contributed by atoms with Gasteiger partial charge in [0, 0.05) is 28.4 Å². The number of para-hydroxylation sites is 1. The first-order valence-corrected chi connectivity index (χ1v) is 14.2. The molecule has 4 aromatic rings. The van der Waals surface area contributed by atoms with Gasteiger partial charge in [-0.1, -0.05) is 87.8 Å². The molecule has 7 heteroatoms. The van der Waals surface area contributed by atoms with Crippen LogP contribution in [0, 0.1) is 6.92 Å². The van der Waals surface area contributed by atoms with Crippen LogP contribution in [0.1, 0.15) is 69.3 Å². The van der Waals surface area contributed by atoms with Crippen LogP contribution in [-0.4, -0.2) is 19.7 Å². The minimum Gasteiger partial charge on any atom is -0.331 e. The van der Waals surface area contributed by atoms with Crippen molar-refractivity contribution in [2.45, 2.75) is 75.7 Å². The fourth-order valence-corrected chi connectivity index (χ4v) is 6.31. The van der Waals surface area contributed by atoms with Crippen LogP contribution in [-0.2, 0) is 11.2 Å². The lowest BCUT2D eigenvalue weighted by atomic mass is 9.86. The molecule has 2 aromatic heterocycles. The summed E-state index contributed by atoms with van der Waals surface area (Å²) in [5.41, 5.74) is 5.99. The molecule has 0 amide bonds. The maximum Gasteiger partial charge on any atom is 0.192 e. The van der Waals surface area contributed by atoms with Gasteiger partial charge < -0.3 is 5.32 Å². The lowest BCUT2D eigenvalue weighted by Gasteiger charge is -2.20. The van der Waals surface area contributed by atoms with E-state index >= 15 is 0 Å². The molecule has 5 nitrogen and oxygen atoms in total. The summed E-state index contributed by atoms with van der Waals surface area (Å²) in [7, 11) is 0. The Balaban J connectivity index is 1.34. The van der Waals surface area contributed by atoms with E-state index in [0.29, 0.717) is 6.04 Å². The maximum atomic E-state index is 4.82. The molecule has 1 aliphatic rings. The lowest BCUT2D eigenvalue weighted by molar-refractivity contribution is 0.485. The smallest absolute Gasteiger partial charge is 0.192 e. The molecule has 0 unspecified atom stereocenters. The summed E-state index contributed by atoms with van der Waals surface area (Å²) in [6.45, 7) is 8.85. The number of hydrogen-bond acceptors (Lipinski definition) is 6. The third-order valence-corrected chi connectivity index (χ3v) is 8.43. The van der Waals surface area contributed by atoms with Crippen molar-refractivity contribution in [2.75, 3.05) is 5.32 Å². The fraction of sp³-hybridized carbons (Fsp3) is 0.393. The minimum atomic E-state index is 0.138. The maximum absolute atomic E-state index is 4.82. The van der Waals surface area contributed by atoms with Crippen molar-refractivity contribution < 1.29 is 0 Å². The van der Waals surface area contributed by atoms with Gasteiger partial charge in [-0.3, -0.25) is 4.57 Å². The Morgan fingerprint density at radius 3 is 2.49 bits per heavy atom. The summed E-state index contributed by atoms with van der Waals surface area (Å²) in [5.74, 6) is 1.76. The Morgan fingerprint density at radius 1 is 1.03 bits per heavy atom. The van der Waals surface area contributed by atoms with Gasteiger partial charge in [0.25, 0.3) is 0 Å². The van der Waals surface area contributed by atoms with E-state index in [0.717, 1.165) is 38.8 Å². The second kappa shape index (κ2) is 10.2. The summed E-state index contributed by atoms with van der Waals surface area (Å²) in [4.78, 5) is 4.82. The number of aromatic nitrogens is 4. The molecule has 1 saturated carbocycles. The summed E-state index contributed by atoms with van der Waals surface area (Å²) in [6.07, 6.45) is 4.94. The van der Waals surface area contributed by atoms with Gasteiger partial charge in [0.15, 0.2) is 16.1 Å². The Labute approximate surface area is 216 Å².